The fourth-order valence-corrected chi connectivity index (χ4v) is 2.93. The lowest BCUT2D eigenvalue weighted by Gasteiger charge is -2.03. The Bertz CT molecular complexity index is 800. The zero-order chi connectivity index (χ0) is 16.1. The number of amides is 1. The number of carbonyl (C=O) groups excluding carboxylic acids is 1. The second-order valence-electron chi connectivity index (χ2n) is 4.94. The summed E-state index contributed by atoms with van der Waals surface area (Å²) in [5.74, 6) is 0.604. The van der Waals surface area contributed by atoms with Crippen LogP contribution in [0.4, 0.5) is 0 Å². The first kappa shape index (κ1) is 15.2. The summed E-state index contributed by atoms with van der Waals surface area (Å²) in [5.41, 5.74) is 2.43. The monoisotopic (exact) mass is 324 g/mol. The maximum atomic E-state index is 12.2. The molecule has 3 aromatic rings. The Labute approximate surface area is 138 Å². The molecule has 1 aromatic heterocycles. The van der Waals surface area contributed by atoms with Gasteiger partial charge in [0.2, 0.25) is 0 Å². The van der Waals surface area contributed by atoms with Crippen molar-refractivity contribution in [2.45, 2.75) is 6.54 Å². The molecule has 1 N–H and O–H groups in total. The highest BCUT2D eigenvalue weighted by Crippen LogP contribution is 2.26. The van der Waals surface area contributed by atoms with E-state index >= 15 is 0 Å². The number of hydrogen-bond donors (Lipinski definition) is 1. The van der Waals surface area contributed by atoms with Gasteiger partial charge in [-0.1, -0.05) is 42.5 Å². The molecular weight excluding hydrogens is 308 g/mol. The van der Waals surface area contributed by atoms with Crippen LogP contribution < -0.4 is 10.1 Å². The Morgan fingerprint density at radius 1 is 1.17 bits per heavy atom. The Kier molecular flexibility index (Phi) is 4.68. The quantitative estimate of drug-likeness (QED) is 0.777. The van der Waals surface area contributed by atoms with E-state index in [1.165, 1.54) is 11.3 Å². The zero-order valence-electron chi connectivity index (χ0n) is 12.7. The third kappa shape index (κ3) is 3.76. The first-order valence-corrected chi connectivity index (χ1v) is 8.06. The van der Waals surface area contributed by atoms with Gasteiger partial charge in [-0.05, 0) is 17.7 Å². The van der Waals surface area contributed by atoms with Gasteiger partial charge in [-0.25, -0.2) is 4.98 Å². The summed E-state index contributed by atoms with van der Waals surface area (Å²) in [6.45, 7) is 0.492. The Hall–Kier alpha value is -2.66. The average Bonchev–Trinajstić information content (AvgIpc) is 3.11. The molecule has 0 spiro atoms. The van der Waals surface area contributed by atoms with E-state index in [-0.39, 0.29) is 5.91 Å². The molecule has 0 saturated carbocycles. The number of nitrogens with zero attached hydrogens (tertiary/aromatic N) is 1. The Balaban J connectivity index is 1.69. The molecule has 0 aliphatic heterocycles. The standard InChI is InChI=1S/C18H16N2O2S/c1-22-15-9-5-8-14(10-15)18-20-16(12-23-18)17(21)19-11-13-6-3-2-4-7-13/h2-10,12H,11H2,1H3,(H,19,21). The number of thiazole rings is 1. The lowest BCUT2D eigenvalue weighted by molar-refractivity contribution is 0.0946. The third-order valence-corrected chi connectivity index (χ3v) is 4.24. The average molecular weight is 324 g/mol. The summed E-state index contributed by atoms with van der Waals surface area (Å²) in [7, 11) is 1.63. The van der Waals surface area contributed by atoms with Gasteiger partial charge in [0.05, 0.1) is 7.11 Å². The molecule has 0 aliphatic carbocycles. The zero-order valence-corrected chi connectivity index (χ0v) is 13.5. The van der Waals surface area contributed by atoms with Crippen LogP contribution in [0.1, 0.15) is 16.1 Å². The predicted molar refractivity (Wildman–Crippen MR) is 91.7 cm³/mol. The largest absolute Gasteiger partial charge is 0.497 e. The molecule has 1 amide bonds. The normalized spacial score (nSPS) is 10.3. The summed E-state index contributed by atoms with van der Waals surface area (Å²) in [6.07, 6.45) is 0. The summed E-state index contributed by atoms with van der Waals surface area (Å²) in [4.78, 5) is 16.6. The molecule has 116 valence electrons. The van der Waals surface area contributed by atoms with Crippen molar-refractivity contribution < 1.29 is 9.53 Å². The molecular formula is C18H16N2O2S. The SMILES string of the molecule is COc1cccc(-c2nc(C(=O)NCc3ccccc3)cs2)c1. The van der Waals surface area contributed by atoms with Crippen molar-refractivity contribution in [1.82, 2.24) is 10.3 Å². The lowest BCUT2D eigenvalue weighted by Crippen LogP contribution is -2.23. The van der Waals surface area contributed by atoms with Crippen molar-refractivity contribution in [3.05, 3.63) is 71.2 Å². The van der Waals surface area contributed by atoms with Crippen molar-refractivity contribution >= 4 is 17.2 Å². The molecule has 0 fully saturated rings. The minimum atomic E-state index is -0.167. The number of aromatic nitrogens is 1. The first-order valence-electron chi connectivity index (χ1n) is 7.18. The van der Waals surface area contributed by atoms with E-state index in [4.69, 9.17) is 4.74 Å². The number of carbonyl (C=O) groups is 1. The van der Waals surface area contributed by atoms with Gasteiger partial charge in [0.15, 0.2) is 0 Å². The molecule has 0 atom stereocenters. The van der Waals surface area contributed by atoms with Gasteiger partial charge in [-0.2, -0.15) is 0 Å². The van der Waals surface area contributed by atoms with Crippen LogP contribution >= 0.6 is 11.3 Å². The fourth-order valence-electron chi connectivity index (χ4n) is 2.14. The molecule has 23 heavy (non-hydrogen) atoms. The smallest absolute Gasteiger partial charge is 0.271 e. The Morgan fingerprint density at radius 2 is 2.00 bits per heavy atom. The van der Waals surface area contributed by atoms with Crippen LogP contribution in [0.2, 0.25) is 0 Å². The second-order valence-corrected chi connectivity index (χ2v) is 5.80. The lowest BCUT2D eigenvalue weighted by atomic mass is 10.2. The van der Waals surface area contributed by atoms with Crippen LogP contribution in [0.15, 0.2) is 60.0 Å². The first-order chi connectivity index (χ1) is 11.3. The highest BCUT2D eigenvalue weighted by atomic mass is 32.1. The molecule has 0 unspecified atom stereocenters. The third-order valence-electron chi connectivity index (χ3n) is 3.35. The number of nitrogens with one attached hydrogen (secondary N) is 1. The summed E-state index contributed by atoms with van der Waals surface area (Å²) in [5, 5.41) is 5.46. The van der Waals surface area contributed by atoms with Crippen LogP contribution in [0.5, 0.6) is 5.75 Å². The maximum absolute atomic E-state index is 12.2. The highest BCUT2D eigenvalue weighted by Gasteiger charge is 2.12. The number of benzene rings is 2. The van der Waals surface area contributed by atoms with E-state index in [1.54, 1.807) is 12.5 Å². The van der Waals surface area contributed by atoms with Crippen molar-refractivity contribution in [2.24, 2.45) is 0 Å². The number of hydrogen-bond acceptors (Lipinski definition) is 4. The van der Waals surface area contributed by atoms with Crippen LogP contribution in [0.25, 0.3) is 10.6 Å². The van der Waals surface area contributed by atoms with Crippen molar-refractivity contribution in [3.8, 4) is 16.3 Å². The van der Waals surface area contributed by atoms with Crippen LogP contribution in [-0.2, 0) is 6.54 Å². The topological polar surface area (TPSA) is 51.2 Å². The molecule has 3 rings (SSSR count). The number of methoxy groups -OCH3 is 1. The molecule has 4 nitrogen and oxygen atoms in total. The maximum Gasteiger partial charge on any atom is 0.271 e. The predicted octanol–water partition coefficient (Wildman–Crippen LogP) is 3.75. The number of ether oxygens (including phenoxy) is 1. The molecule has 0 bridgehead atoms. The van der Waals surface area contributed by atoms with Crippen LogP contribution in [0, 0.1) is 0 Å². The van der Waals surface area contributed by atoms with Gasteiger partial charge in [-0.3, -0.25) is 4.79 Å². The van der Waals surface area contributed by atoms with Gasteiger partial charge in [0.1, 0.15) is 16.5 Å². The van der Waals surface area contributed by atoms with Gasteiger partial charge in [0.25, 0.3) is 5.91 Å². The van der Waals surface area contributed by atoms with E-state index in [2.05, 4.69) is 10.3 Å². The summed E-state index contributed by atoms with van der Waals surface area (Å²) >= 11 is 1.44. The van der Waals surface area contributed by atoms with E-state index < -0.39 is 0 Å². The highest BCUT2D eigenvalue weighted by molar-refractivity contribution is 7.13. The van der Waals surface area contributed by atoms with Crippen molar-refractivity contribution in [2.75, 3.05) is 7.11 Å². The van der Waals surface area contributed by atoms with Crippen LogP contribution in [0.3, 0.4) is 0 Å². The Morgan fingerprint density at radius 3 is 2.78 bits per heavy atom. The van der Waals surface area contributed by atoms with E-state index in [0.29, 0.717) is 12.2 Å². The molecule has 0 aliphatic rings. The van der Waals surface area contributed by atoms with Crippen LogP contribution in [-0.4, -0.2) is 18.0 Å². The number of rotatable bonds is 5. The van der Waals surface area contributed by atoms with Gasteiger partial charge in [-0.15, -0.1) is 11.3 Å². The summed E-state index contributed by atoms with van der Waals surface area (Å²) < 4.78 is 5.22. The van der Waals surface area contributed by atoms with E-state index in [1.807, 2.05) is 54.6 Å². The van der Waals surface area contributed by atoms with Crippen molar-refractivity contribution in [3.63, 3.8) is 0 Å². The van der Waals surface area contributed by atoms with Crippen molar-refractivity contribution in [1.29, 1.82) is 0 Å². The molecule has 1 heterocycles. The summed E-state index contributed by atoms with van der Waals surface area (Å²) in [6, 6.07) is 17.4. The fraction of sp³-hybridized carbons (Fsp3) is 0.111. The molecule has 0 saturated heterocycles. The van der Waals surface area contributed by atoms with E-state index in [9.17, 15) is 4.79 Å². The second kappa shape index (κ2) is 7.07. The molecule has 2 aromatic carbocycles. The minimum Gasteiger partial charge on any atom is -0.497 e. The molecule has 5 heteroatoms. The van der Waals surface area contributed by atoms with E-state index in [0.717, 1.165) is 21.9 Å². The minimum absolute atomic E-state index is 0.167. The van der Waals surface area contributed by atoms with Gasteiger partial charge < -0.3 is 10.1 Å². The van der Waals surface area contributed by atoms with Gasteiger partial charge in [0, 0.05) is 17.5 Å². The van der Waals surface area contributed by atoms with Gasteiger partial charge >= 0.3 is 0 Å². The molecule has 0 radical (unpaired) electrons.